The first-order valence-corrected chi connectivity index (χ1v) is 5.66. The summed E-state index contributed by atoms with van der Waals surface area (Å²) in [4.78, 5) is 0. The van der Waals surface area contributed by atoms with Gasteiger partial charge in [-0.05, 0) is 37.5 Å². The van der Waals surface area contributed by atoms with Gasteiger partial charge in [-0.1, -0.05) is 18.1 Å². The van der Waals surface area contributed by atoms with Gasteiger partial charge in [-0.15, -0.1) is 6.42 Å². The molecule has 1 aromatic rings. The molecule has 0 saturated heterocycles. The number of benzene rings is 1. The van der Waals surface area contributed by atoms with Crippen LogP contribution in [0.5, 0.6) is 0 Å². The van der Waals surface area contributed by atoms with Crippen molar-refractivity contribution in [3.05, 3.63) is 35.4 Å². The Hall–Kier alpha value is -1.47. The highest BCUT2D eigenvalue weighted by Crippen LogP contribution is 2.30. The summed E-state index contributed by atoms with van der Waals surface area (Å²) in [6.07, 6.45) is 1.65. The average molecular weight is 256 g/mol. The Balaban J connectivity index is 2.80. The first-order valence-electron chi connectivity index (χ1n) is 5.66. The van der Waals surface area contributed by atoms with E-state index < -0.39 is 17.8 Å². The monoisotopic (exact) mass is 256 g/mol. The summed E-state index contributed by atoms with van der Waals surface area (Å²) >= 11 is 0. The quantitative estimate of drug-likeness (QED) is 0.816. The van der Waals surface area contributed by atoms with E-state index in [1.165, 1.54) is 12.1 Å². The van der Waals surface area contributed by atoms with E-state index in [0.29, 0.717) is 18.4 Å². The lowest BCUT2D eigenvalue weighted by Gasteiger charge is -2.13. The van der Waals surface area contributed by atoms with Crippen LogP contribution in [-0.2, 0) is 6.18 Å². The molecule has 1 rings (SSSR count). The van der Waals surface area contributed by atoms with Crippen molar-refractivity contribution in [3.63, 3.8) is 0 Å². The molecular formula is C14H15F3O. The molecule has 18 heavy (non-hydrogen) atoms. The normalized spacial score (nSPS) is 14.9. The molecule has 2 unspecified atom stereocenters. The minimum Gasteiger partial charge on any atom is -0.393 e. The molecule has 0 aliphatic rings. The molecule has 1 aromatic carbocycles. The fourth-order valence-electron chi connectivity index (χ4n) is 1.66. The van der Waals surface area contributed by atoms with Crippen molar-refractivity contribution in [2.45, 2.75) is 38.0 Å². The Morgan fingerprint density at radius 1 is 1.22 bits per heavy atom. The van der Waals surface area contributed by atoms with E-state index in [-0.39, 0.29) is 5.92 Å². The maximum Gasteiger partial charge on any atom is 0.416 e. The van der Waals surface area contributed by atoms with Crippen LogP contribution in [-0.4, -0.2) is 11.2 Å². The fraction of sp³-hybridized carbons (Fsp3) is 0.429. The van der Waals surface area contributed by atoms with Crippen molar-refractivity contribution < 1.29 is 18.3 Å². The van der Waals surface area contributed by atoms with Crippen LogP contribution in [0.3, 0.4) is 0 Å². The number of halogens is 3. The molecule has 4 heteroatoms. The first-order chi connectivity index (χ1) is 8.34. The smallest absolute Gasteiger partial charge is 0.393 e. The molecule has 1 nitrogen and oxygen atoms in total. The summed E-state index contributed by atoms with van der Waals surface area (Å²) in [5, 5.41) is 9.18. The third-order valence-corrected chi connectivity index (χ3v) is 2.71. The van der Waals surface area contributed by atoms with Crippen molar-refractivity contribution in [2.75, 3.05) is 0 Å². The van der Waals surface area contributed by atoms with Crippen LogP contribution < -0.4 is 0 Å². The zero-order valence-electron chi connectivity index (χ0n) is 10.0. The minimum atomic E-state index is -4.33. The molecule has 0 bridgehead atoms. The number of terminal acetylenes is 1. The van der Waals surface area contributed by atoms with Crippen LogP contribution >= 0.6 is 0 Å². The number of aliphatic hydroxyl groups is 1. The van der Waals surface area contributed by atoms with Gasteiger partial charge >= 0.3 is 6.18 Å². The van der Waals surface area contributed by atoms with Gasteiger partial charge < -0.3 is 5.11 Å². The Bertz CT molecular complexity index is 412. The Labute approximate surface area is 105 Å². The molecule has 2 atom stereocenters. The van der Waals surface area contributed by atoms with Gasteiger partial charge in [-0.25, -0.2) is 0 Å². The van der Waals surface area contributed by atoms with E-state index in [9.17, 15) is 18.3 Å². The van der Waals surface area contributed by atoms with Crippen LogP contribution in [0.1, 0.15) is 36.8 Å². The van der Waals surface area contributed by atoms with Gasteiger partial charge in [-0.2, -0.15) is 13.2 Å². The SMILES string of the molecule is C#CC(CCC(C)O)c1ccc(C(F)(F)F)cc1. The zero-order chi connectivity index (χ0) is 13.8. The lowest BCUT2D eigenvalue weighted by atomic mass is 9.93. The zero-order valence-corrected chi connectivity index (χ0v) is 10.0. The summed E-state index contributed by atoms with van der Waals surface area (Å²) in [5.74, 6) is 2.28. The second kappa shape index (κ2) is 5.92. The van der Waals surface area contributed by atoms with E-state index in [1.807, 2.05) is 0 Å². The van der Waals surface area contributed by atoms with Crippen LogP contribution in [0.4, 0.5) is 13.2 Å². The molecule has 98 valence electrons. The van der Waals surface area contributed by atoms with Crippen molar-refractivity contribution >= 4 is 0 Å². The van der Waals surface area contributed by atoms with Crippen LogP contribution in [0.15, 0.2) is 24.3 Å². The molecule has 0 aliphatic carbocycles. The molecule has 0 fully saturated rings. The van der Waals surface area contributed by atoms with Gasteiger partial charge in [0, 0.05) is 5.92 Å². The summed E-state index contributed by atoms with van der Waals surface area (Å²) in [6.45, 7) is 1.65. The summed E-state index contributed by atoms with van der Waals surface area (Å²) in [7, 11) is 0. The number of aliphatic hydroxyl groups excluding tert-OH is 1. The Morgan fingerprint density at radius 2 is 1.78 bits per heavy atom. The average Bonchev–Trinajstić information content (AvgIpc) is 2.29. The van der Waals surface area contributed by atoms with Gasteiger partial charge in [0.2, 0.25) is 0 Å². The third-order valence-electron chi connectivity index (χ3n) is 2.71. The molecule has 0 aliphatic heterocycles. The van der Waals surface area contributed by atoms with E-state index in [0.717, 1.165) is 12.1 Å². The van der Waals surface area contributed by atoms with Gasteiger partial charge in [0.1, 0.15) is 0 Å². The van der Waals surface area contributed by atoms with Crippen LogP contribution in [0.2, 0.25) is 0 Å². The second-order valence-electron chi connectivity index (χ2n) is 4.27. The molecular weight excluding hydrogens is 241 g/mol. The van der Waals surface area contributed by atoms with Crippen LogP contribution in [0, 0.1) is 12.3 Å². The van der Waals surface area contributed by atoms with E-state index in [4.69, 9.17) is 6.42 Å². The van der Waals surface area contributed by atoms with Gasteiger partial charge in [0.15, 0.2) is 0 Å². The van der Waals surface area contributed by atoms with Crippen molar-refractivity contribution in [2.24, 2.45) is 0 Å². The number of alkyl halides is 3. The van der Waals surface area contributed by atoms with Crippen molar-refractivity contribution in [1.82, 2.24) is 0 Å². The molecule has 0 saturated carbocycles. The van der Waals surface area contributed by atoms with E-state index in [1.54, 1.807) is 6.92 Å². The highest BCUT2D eigenvalue weighted by atomic mass is 19.4. The lowest BCUT2D eigenvalue weighted by molar-refractivity contribution is -0.137. The number of hydrogen-bond acceptors (Lipinski definition) is 1. The fourth-order valence-corrected chi connectivity index (χ4v) is 1.66. The van der Waals surface area contributed by atoms with Crippen LogP contribution in [0.25, 0.3) is 0 Å². The highest BCUT2D eigenvalue weighted by Gasteiger charge is 2.30. The largest absolute Gasteiger partial charge is 0.416 e. The molecule has 0 spiro atoms. The Kier molecular flexibility index (Phi) is 4.80. The molecule has 0 heterocycles. The summed E-state index contributed by atoms with van der Waals surface area (Å²) in [6, 6.07) is 4.86. The van der Waals surface area contributed by atoms with E-state index in [2.05, 4.69) is 5.92 Å². The molecule has 0 aromatic heterocycles. The topological polar surface area (TPSA) is 20.2 Å². The molecule has 1 N–H and O–H groups in total. The maximum absolute atomic E-state index is 12.4. The predicted molar refractivity (Wildman–Crippen MR) is 63.9 cm³/mol. The van der Waals surface area contributed by atoms with Crippen molar-refractivity contribution in [3.8, 4) is 12.3 Å². The minimum absolute atomic E-state index is 0.262. The highest BCUT2D eigenvalue weighted by molar-refractivity contribution is 5.31. The molecule has 0 radical (unpaired) electrons. The number of rotatable bonds is 4. The third kappa shape index (κ3) is 4.08. The lowest BCUT2D eigenvalue weighted by Crippen LogP contribution is -2.06. The van der Waals surface area contributed by atoms with Gasteiger partial charge in [0.05, 0.1) is 11.7 Å². The van der Waals surface area contributed by atoms with E-state index >= 15 is 0 Å². The van der Waals surface area contributed by atoms with Crippen molar-refractivity contribution in [1.29, 1.82) is 0 Å². The maximum atomic E-state index is 12.4. The van der Waals surface area contributed by atoms with Gasteiger partial charge in [0.25, 0.3) is 0 Å². The molecule has 0 amide bonds. The van der Waals surface area contributed by atoms with Gasteiger partial charge in [-0.3, -0.25) is 0 Å². The Morgan fingerprint density at radius 3 is 2.17 bits per heavy atom. The second-order valence-corrected chi connectivity index (χ2v) is 4.27. The number of hydrogen-bond donors (Lipinski definition) is 1. The summed E-state index contributed by atoms with van der Waals surface area (Å²) < 4.78 is 37.1. The predicted octanol–water partition coefficient (Wildman–Crippen LogP) is 3.58. The first kappa shape index (κ1) is 14.6. The standard InChI is InChI=1S/C14H15F3O/c1-3-11(5-4-10(2)18)12-6-8-13(9-7-12)14(15,16)17/h1,6-11,18H,4-5H2,2H3. The summed E-state index contributed by atoms with van der Waals surface area (Å²) in [5.41, 5.74) is -0.0105.